The summed E-state index contributed by atoms with van der Waals surface area (Å²) in [6.45, 7) is 2.46. The predicted molar refractivity (Wildman–Crippen MR) is 92.7 cm³/mol. The number of benzene rings is 2. The van der Waals surface area contributed by atoms with Crippen molar-refractivity contribution in [3.05, 3.63) is 64.7 Å². The molecule has 1 atom stereocenters. The average molecular weight is 353 g/mol. The minimum atomic E-state index is -0.754. The molecular weight excluding hydrogens is 334 g/mol. The van der Waals surface area contributed by atoms with E-state index in [-0.39, 0.29) is 23.9 Å². The summed E-state index contributed by atoms with van der Waals surface area (Å²) >= 11 is 0. The van der Waals surface area contributed by atoms with Crippen LogP contribution in [0.3, 0.4) is 0 Å². The van der Waals surface area contributed by atoms with Crippen LogP contribution < -0.4 is 10.6 Å². The fourth-order valence-electron chi connectivity index (χ4n) is 2.99. The Morgan fingerprint density at radius 1 is 1.17 bits per heavy atom. The highest BCUT2D eigenvalue weighted by Gasteiger charge is 2.21. The lowest BCUT2D eigenvalue weighted by Crippen LogP contribution is -2.29. The van der Waals surface area contributed by atoms with Crippen LogP contribution in [0.25, 0.3) is 0 Å². The number of hydrogen-bond donors (Lipinski definition) is 2. The van der Waals surface area contributed by atoms with E-state index in [0.29, 0.717) is 5.56 Å². The Hall–Kier alpha value is -2.14. The Morgan fingerprint density at radius 3 is 2.54 bits per heavy atom. The second kappa shape index (κ2) is 7.62. The van der Waals surface area contributed by atoms with E-state index in [2.05, 4.69) is 10.6 Å². The van der Waals surface area contributed by atoms with Crippen molar-refractivity contribution in [3.63, 3.8) is 0 Å². The third-order valence-corrected chi connectivity index (χ3v) is 4.12. The fourth-order valence-corrected chi connectivity index (χ4v) is 2.99. The summed E-state index contributed by atoms with van der Waals surface area (Å²) in [5.41, 5.74) is 2.34. The van der Waals surface area contributed by atoms with Crippen LogP contribution in [0.4, 0.5) is 14.5 Å². The maximum absolute atomic E-state index is 13.8. The van der Waals surface area contributed by atoms with Crippen molar-refractivity contribution in [2.45, 2.75) is 25.8 Å². The molecule has 24 heavy (non-hydrogen) atoms. The van der Waals surface area contributed by atoms with E-state index in [0.717, 1.165) is 30.6 Å². The summed E-state index contributed by atoms with van der Waals surface area (Å²) in [4.78, 5) is 12.5. The van der Waals surface area contributed by atoms with Crippen molar-refractivity contribution < 1.29 is 13.6 Å². The number of halogens is 3. The number of nitrogens with one attached hydrogen (secondary N) is 2. The highest BCUT2D eigenvalue weighted by atomic mass is 35.5. The molecule has 3 rings (SSSR count). The lowest BCUT2D eigenvalue weighted by atomic mass is 9.96. The van der Waals surface area contributed by atoms with Crippen LogP contribution in [0.1, 0.15) is 40.9 Å². The van der Waals surface area contributed by atoms with E-state index >= 15 is 0 Å². The Balaban J connectivity index is 0.00000208. The minimum Gasteiger partial charge on any atom is -0.385 e. The molecule has 0 saturated heterocycles. The molecule has 1 unspecified atom stereocenters. The van der Waals surface area contributed by atoms with Gasteiger partial charge >= 0.3 is 0 Å². The van der Waals surface area contributed by atoms with E-state index < -0.39 is 17.7 Å². The molecule has 2 N–H and O–H groups in total. The Bertz CT molecular complexity index is 732. The molecule has 0 bridgehead atoms. The van der Waals surface area contributed by atoms with Gasteiger partial charge in [0.25, 0.3) is 5.91 Å². The molecular formula is C18H19ClF2N2O. The van der Waals surface area contributed by atoms with Crippen molar-refractivity contribution in [2.24, 2.45) is 0 Å². The van der Waals surface area contributed by atoms with E-state index in [1.165, 1.54) is 18.2 Å². The van der Waals surface area contributed by atoms with Gasteiger partial charge in [-0.25, -0.2) is 8.78 Å². The monoisotopic (exact) mass is 352 g/mol. The topological polar surface area (TPSA) is 41.1 Å². The lowest BCUT2D eigenvalue weighted by molar-refractivity contribution is 0.0938. The van der Waals surface area contributed by atoms with Crippen LogP contribution in [0.5, 0.6) is 0 Å². The molecule has 1 aliphatic heterocycles. The number of fused-ring (bicyclic) bond motifs is 1. The summed E-state index contributed by atoms with van der Waals surface area (Å²) < 4.78 is 27.7. The van der Waals surface area contributed by atoms with E-state index in [9.17, 15) is 13.6 Å². The zero-order chi connectivity index (χ0) is 16.4. The van der Waals surface area contributed by atoms with Crippen molar-refractivity contribution in [2.75, 3.05) is 11.9 Å². The van der Waals surface area contributed by atoms with Gasteiger partial charge in [-0.05, 0) is 49.6 Å². The van der Waals surface area contributed by atoms with Gasteiger partial charge in [0.05, 0.1) is 6.04 Å². The van der Waals surface area contributed by atoms with Gasteiger partial charge in [0.1, 0.15) is 11.6 Å². The summed E-state index contributed by atoms with van der Waals surface area (Å²) in [6, 6.07) is 8.42. The zero-order valence-corrected chi connectivity index (χ0v) is 14.1. The summed E-state index contributed by atoms with van der Waals surface area (Å²) in [5.74, 6) is -1.63. The SMILES string of the molecule is CC(NC(=O)c1cccc2c1CCCN2)c1c(F)cccc1F.Cl. The van der Waals surface area contributed by atoms with Gasteiger partial charge in [-0.15, -0.1) is 12.4 Å². The minimum absolute atomic E-state index is 0. The quantitative estimate of drug-likeness (QED) is 0.867. The summed E-state index contributed by atoms with van der Waals surface area (Å²) in [5, 5.41) is 5.96. The first-order valence-electron chi connectivity index (χ1n) is 7.68. The van der Waals surface area contributed by atoms with Crippen LogP contribution in [-0.2, 0) is 6.42 Å². The first-order valence-corrected chi connectivity index (χ1v) is 7.68. The van der Waals surface area contributed by atoms with Crippen molar-refractivity contribution in [3.8, 4) is 0 Å². The number of carbonyl (C=O) groups excluding carboxylic acids is 1. The van der Waals surface area contributed by atoms with Crippen LogP contribution >= 0.6 is 12.4 Å². The molecule has 1 aliphatic rings. The predicted octanol–water partition coefficient (Wildman–Crippen LogP) is 4.24. The van der Waals surface area contributed by atoms with Crippen LogP contribution in [0.15, 0.2) is 36.4 Å². The molecule has 0 aromatic heterocycles. The first kappa shape index (κ1) is 18.2. The number of rotatable bonds is 3. The van der Waals surface area contributed by atoms with E-state index in [4.69, 9.17) is 0 Å². The van der Waals surface area contributed by atoms with Gasteiger partial charge in [0.2, 0.25) is 0 Å². The number of amides is 1. The number of anilines is 1. The zero-order valence-electron chi connectivity index (χ0n) is 13.2. The standard InChI is InChI=1S/C18H18F2N2O.ClH/c1-11(17-14(19)7-3-8-15(17)20)22-18(23)13-5-2-9-16-12(13)6-4-10-21-16;/h2-3,5,7-9,11,21H,4,6,10H2,1H3,(H,22,23);1H. The van der Waals surface area contributed by atoms with Gasteiger partial charge in [0.15, 0.2) is 0 Å². The number of carbonyl (C=O) groups is 1. The molecule has 0 fully saturated rings. The molecule has 6 heteroatoms. The second-order valence-electron chi connectivity index (χ2n) is 5.69. The molecule has 0 spiro atoms. The molecule has 1 heterocycles. The Kier molecular flexibility index (Phi) is 5.78. The molecule has 3 nitrogen and oxygen atoms in total. The van der Waals surface area contributed by atoms with Gasteiger partial charge in [-0.1, -0.05) is 12.1 Å². The Labute approximate surface area is 145 Å². The second-order valence-corrected chi connectivity index (χ2v) is 5.69. The first-order chi connectivity index (χ1) is 11.1. The highest BCUT2D eigenvalue weighted by molar-refractivity contribution is 5.97. The normalized spacial score (nSPS) is 14.0. The van der Waals surface area contributed by atoms with Crippen LogP contribution in [0.2, 0.25) is 0 Å². The third-order valence-electron chi connectivity index (χ3n) is 4.12. The Morgan fingerprint density at radius 2 is 1.83 bits per heavy atom. The van der Waals surface area contributed by atoms with Crippen molar-refractivity contribution >= 4 is 24.0 Å². The molecule has 2 aromatic rings. The van der Waals surface area contributed by atoms with Gasteiger partial charge in [-0.2, -0.15) is 0 Å². The summed E-state index contributed by atoms with van der Waals surface area (Å²) in [7, 11) is 0. The van der Waals surface area contributed by atoms with Gasteiger partial charge in [0, 0.05) is 23.4 Å². The maximum Gasteiger partial charge on any atom is 0.252 e. The number of hydrogen-bond acceptors (Lipinski definition) is 2. The maximum atomic E-state index is 13.8. The van der Waals surface area contributed by atoms with E-state index in [1.54, 1.807) is 19.1 Å². The van der Waals surface area contributed by atoms with Crippen molar-refractivity contribution in [1.29, 1.82) is 0 Å². The molecule has 0 radical (unpaired) electrons. The fraction of sp³-hybridized carbons (Fsp3) is 0.278. The van der Waals surface area contributed by atoms with Crippen molar-refractivity contribution in [1.82, 2.24) is 5.32 Å². The van der Waals surface area contributed by atoms with Crippen LogP contribution in [0, 0.1) is 11.6 Å². The molecule has 0 saturated carbocycles. The third kappa shape index (κ3) is 3.51. The largest absolute Gasteiger partial charge is 0.385 e. The smallest absolute Gasteiger partial charge is 0.252 e. The molecule has 1 amide bonds. The molecule has 128 valence electrons. The van der Waals surface area contributed by atoms with Gasteiger partial charge < -0.3 is 10.6 Å². The van der Waals surface area contributed by atoms with Gasteiger partial charge in [-0.3, -0.25) is 4.79 Å². The molecule has 0 aliphatic carbocycles. The lowest BCUT2D eigenvalue weighted by Gasteiger charge is -2.22. The highest BCUT2D eigenvalue weighted by Crippen LogP contribution is 2.26. The molecule has 2 aromatic carbocycles. The summed E-state index contributed by atoms with van der Waals surface area (Å²) in [6.07, 6.45) is 1.77. The van der Waals surface area contributed by atoms with E-state index in [1.807, 2.05) is 6.07 Å². The van der Waals surface area contributed by atoms with Crippen LogP contribution in [-0.4, -0.2) is 12.5 Å². The average Bonchev–Trinajstić information content (AvgIpc) is 2.54.